The van der Waals surface area contributed by atoms with E-state index in [2.05, 4.69) is 18.5 Å². The molecule has 0 aliphatic heterocycles. The summed E-state index contributed by atoms with van der Waals surface area (Å²) < 4.78 is 5.17. The molecule has 4 heteroatoms. The van der Waals surface area contributed by atoms with Crippen LogP contribution in [0.4, 0.5) is 0 Å². The van der Waals surface area contributed by atoms with Crippen molar-refractivity contribution in [1.82, 2.24) is 5.32 Å². The summed E-state index contributed by atoms with van der Waals surface area (Å²) in [6.07, 6.45) is 2.91. The number of benzene rings is 2. The van der Waals surface area contributed by atoms with E-state index >= 15 is 0 Å². The van der Waals surface area contributed by atoms with Gasteiger partial charge in [0.25, 0.3) is 5.91 Å². The Bertz CT molecular complexity index is 623. The van der Waals surface area contributed by atoms with E-state index in [9.17, 15) is 4.79 Å². The van der Waals surface area contributed by atoms with Gasteiger partial charge in [-0.1, -0.05) is 31.2 Å². The summed E-state index contributed by atoms with van der Waals surface area (Å²) in [5.41, 5.74) is 3.01. The first kappa shape index (κ1) is 17.4. The Hall–Kier alpha value is -1.94. The third-order valence-electron chi connectivity index (χ3n) is 3.76. The molecular weight excluding hydrogens is 306 g/mol. The third-order valence-corrected chi connectivity index (χ3v) is 4.38. The molecule has 0 saturated heterocycles. The van der Waals surface area contributed by atoms with Gasteiger partial charge in [0.1, 0.15) is 5.75 Å². The zero-order chi connectivity index (χ0) is 16.7. The molecule has 1 N–H and O–H groups in total. The van der Waals surface area contributed by atoms with Crippen molar-refractivity contribution in [3.8, 4) is 5.75 Å². The number of nitrogens with one attached hydrogen (secondary N) is 1. The van der Waals surface area contributed by atoms with E-state index in [4.69, 9.17) is 4.74 Å². The molecule has 0 spiro atoms. The van der Waals surface area contributed by atoms with Crippen LogP contribution in [0.25, 0.3) is 0 Å². The monoisotopic (exact) mass is 329 g/mol. The predicted octanol–water partition coefficient (Wildman–Crippen LogP) is 4.44. The highest BCUT2D eigenvalue weighted by molar-refractivity contribution is 7.97. The summed E-state index contributed by atoms with van der Waals surface area (Å²) in [7, 11) is 1.65. The summed E-state index contributed by atoms with van der Waals surface area (Å²) in [5, 5.41) is 3.10. The van der Waals surface area contributed by atoms with Crippen LogP contribution in [-0.4, -0.2) is 19.3 Å². The van der Waals surface area contributed by atoms with Gasteiger partial charge in [-0.05, 0) is 48.1 Å². The zero-order valence-electron chi connectivity index (χ0n) is 13.8. The Morgan fingerprint density at radius 2 is 1.78 bits per heavy atom. The fourth-order valence-electron chi connectivity index (χ4n) is 2.42. The lowest BCUT2D eigenvalue weighted by molar-refractivity contribution is 0.0935. The molecule has 1 atom stereocenters. The van der Waals surface area contributed by atoms with Gasteiger partial charge in [0.2, 0.25) is 0 Å². The normalized spacial score (nSPS) is 11.8. The third kappa shape index (κ3) is 4.76. The SMILES string of the molecule is CCC(NC(=O)c1ccc(CSC)cc1)c1ccc(OC)cc1. The Balaban J connectivity index is 2.06. The highest BCUT2D eigenvalue weighted by atomic mass is 32.2. The highest BCUT2D eigenvalue weighted by Crippen LogP contribution is 2.21. The minimum Gasteiger partial charge on any atom is -0.497 e. The fourth-order valence-corrected chi connectivity index (χ4v) is 2.94. The van der Waals surface area contributed by atoms with Crippen LogP contribution >= 0.6 is 11.8 Å². The molecule has 0 heterocycles. The van der Waals surface area contributed by atoms with Crippen molar-refractivity contribution < 1.29 is 9.53 Å². The van der Waals surface area contributed by atoms with Crippen molar-refractivity contribution in [2.45, 2.75) is 25.1 Å². The van der Waals surface area contributed by atoms with Gasteiger partial charge in [-0.2, -0.15) is 11.8 Å². The molecule has 0 radical (unpaired) electrons. The molecule has 0 aliphatic carbocycles. The summed E-state index contributed by atoms with van der Waals surface area (Å²) in [6, 6.07) is 15.6. The Morgan fingerprint density at radius 3 is 2.30 bits per heavy atom. The number of hydrogen-bond acceptors (Lipinski definition) is 3. The number of thioether (sulfide) groups is 1. The molecule has 1 amide bonds. The molecule has 0 fully saturated rings. The summed E-state index contributed by atoms with van der Waals surface area (Å²) in [5.74, 6) is 1.74. The molecule has 23 heavy (non-hydrogen) atoms. The van der Waals surface area contributed by atoms with Gasteiger partial charge < -0.3 is 10.1 Å². The van der Waals surface area contributed by atoms with Crippen LogP contribution in [0, 0.1) is 0 Å². The molecule has 2 aromatic rings. The van der Waals surface area contributed by atoms with E-state index in [-0.39, 0.29) is 11.9 Å². The van der Waals surface area contributed by atoms with E-state index in [1.54, 1.807) is 18.9 Å². The van der Waals surface area contributed by atoms with E-state index in [0.717, 1.165) is 23.5 Å². The van der Waals surface area contributed by atoms with Crippen LogP contribution in [0.15, 0.2) is 48.5 Å². The topological polar surface area (TPSA) is 38.3 Å². The Labute approximate surface area is 142 Å². The van der Waals surface area contributed by atoms with Crippen LogP contribution < -0.4 is 10.1 Å². The van der Waals surface area contributed by atoms with Crippen LogP contribution in [0.5, 0.6) is 5.75 Å². The van der Waals surface area contributed by atoms with Crippen LogP contribution in [0.3, 0.4) is 0 Å². The van der Waals surface area contributed by atoms with E-state index < -0.39 is 0 Å². The van der Waals surface area contributed by atoms with Gasteiger partial charge in [0.05, 0.1) is 13.2 Å². The average molecular weight is 329 g/mol. The van der Waals surface area contributed by atoms with Gasteiger partial charge in [-0.3, -0.25) is 4.79 Å². The van der Waals surface area contributed by atoms with Crippen molar-refractivity contribution in [3.05, 3.63) is 65.2 Å². The number of ether oxygens (including phenoxy) is 1. The molecule has 2 aromatic carbocycles. The molecule has 1 unspecified atom stereocenters. The molecule has 0 bridgehead atoms. The van der Waals surface area contributed by atoms with Crippen molar-refractivity contribution in [2.75, 3.05) is 13.4 Å². The number of carbonyl (C=O) groups excluding carboxylic acids is 1. The Morgan fingerprint density at radius 1 is 1.13 bits per heavy atom. The zero-order valence-corrected chi connectivity index (χ0v) is 14.7. The predicted molar refractivity (Wildman–Crippen MR) is 97.2 cm³/mol. The minimum atomic E-state index is -0.0385. The summed E-state index contributed by atoms with van der Waals surface area (Å²) >= 11 is 1.77. The second kappa shape index (κ2) is 8.63. The summed E-state index contributed by atoms with van der Waals surface area (Å²) in [4.78, 5) is 12.4. The maximum atomic E-state index is 12.4. The smallest absolute Gasteiger partial charge is 0.251 e. The Kier molecular flexibility index (Phi) is 6.53. The standard InChI is InChI=1S/C19H23NO2S/c1-4-18(15-9-11-17(22-2)12-10-15)20-19(21)16-7-5-14(6-8-16)13-23-3/h5-12,18H,4,13H2,1-3H3,(H,20,21). The largest absolute Gasteiger partial charge is 0.497 e. The van der Waals surface area contributed by atoms with Crippen molar-refractivity contribution >= 4 is 17.7 Å². The average Bonchev–Trinajstić information content (AvgIpc) is 2.60. The maximum Gasteiger partial charge on any atom is 0.251 e. The minimum absolute atomic E-state index is 0.000667. The van der Waals surface area contributed by atoms with Crippen LogP contribution in [0.1, 0.15) is 40.9 Å². The fraction of sp³-hybridized carbons (Fsp3) is 0.316. The van der Waals surface area contributed by atoms with Gasteiger partial charge in [0.15, 0.2) is 0 Å². The molecular formula is C19H23NO2S. The lowest BCUT2D eigenvalue weighted by Crippen LogP contribution is -2.28. The lowest BCUT2D eigenvalue weighted by atomic mass is 10.0. The van der Waals surface area contributed by atoms with Gasteiger partial charge >= 0.3 is 0 Å². The summed E-state index contributed by atoms with van der Waals surface area (Å²) in [6.45, 7) is 2.07. The van der Waals surface area contributed by atoms with Gasteiger partial charge in [-0.25, -0.2) is 0 Å². The maximum absolute atomic E-state index is 12.4. The lowest BCUT2D eigenvalue weighted by Gasteiger charge is -2.18. The quantitative estimate of drug-likeness (QED) is 0.816. The van der Waals surface area contributed by atoms with Crippen molar-refractivity contribution in [2.24, 2.45) is 0 Å². The number of rotatable bonds is 7. The van der Waals surface area contributed by atoms with Gasteiger partial charge in [0, 0.05) is 11.3 Å². The molecule has 122 valence electrons. The highest BCUT2D eigenvalue weighted by Gasteiger charge is 2.14. The number of carbonyl (C=O) groups is 1. The second-order valence-electron chi connectivity index (χ2n) is 5.34. The molecule has 0 aromatic heterocycles. The number of methoxy groups -OCH3 is 1. The van der Waals surface area contributed by atoms with Crippen LogP contribution in [-0.2, 0) is 5.75 Å². The molecule has 2 rings (SSSR count). The van der Waals surface area contributed by atoms with E-state index in [0.29, 0.717) is 5.56 Å². The van der Waals surface area contributed by atoms with Crippen molar-refractivity contribution in [3.63, 3.8) is 0 Å². The first-order valence-electron chi connectivity index (χ1n) is 7.70. The van der Waals surface area contributed by atoms with Gasteiger partial charge in [-0.15, -0.1) is 0 Å². The van der Waals surface area contributed by atoms with Crippen LogP contribution in [0.2, 0.25) is 0 Å². The first-order chi connectivity index (χ1) is 11.2. The van der Waals surface area contributed by atoms with Crippen molar-refractivity contribution in [1.29, 1.82) is 0 Å². The molecule has 0 saturated carbocycles. The molecule has 3 nitrogen and oxygen atoms in total. The second-order valence-corrected chi connectivity index (χ2v) is 6.20. The van der Waals surface area contributed by atoms with E-state index in [1.165, 1.54) is 5.56 Å². The number of amides is 1. The first-order valence-corrected chi connectivity index (χ1v) is 9.10. The van der Waals surface area contributed by atoms with E-state index in [1.807, 2.05) is 48.5 Å². The number of hydrogen-bond donors (Lipinski definition) is 1. The molecule has 0 aliphatic rings.